The van der Waals surface area contributed by atoms with Crippen LogP contribution in [0.3, 0.4) is 0 Å². The monoisotopic (exact) mass is 470 g/mol. The van der Waals surface area contributed by atoms with Crippen LogP contribution in [0.4, 0.5) is 10.8 Å². The lowest BCUT2D eigenvalue weighted by Crippen LogP contribution is -1.99. The predicted molar refractivity (Wildman–Crippen MR) is 132 cm³/mol. The van der Waals surface area contributed by atoms with Crippen molar-refractivity contribution in [3.8, 4) is 27.8 Å². The van der Waals surface area contributed by atoms with E-state index < -0.39 is 0 Å². The van der Waals surface area contributed by atoms with Gasteiger partial charge in [0.25, 0.3) is 5.88 Å². The van der Waals surface area contributed by atoms with Crippen molar-refractivity contribution in [2.45, 2.75) is 19.4 Å². The van der Waals surface area contributed by atoms with Gasteiger partial charge in [-0.2, -0.15) is 4.98 Å². The molecule has 3 heterocycles. The fourth-order valence-electron chi connectivity index (χ4n) is 3.77. The zero-order valence-electron chi connectivity index (χ0n) is 18.5. The van der Waals surface area contributed by atoms with Gasteiger partial charge < -0.3 is 19.4 Å². The van der Waals surface area contributed by atoms with Gasteiger partial charge in [-0.1, -0.05) is 23.5 Å². The van der Waals surface area contributed by atoms with Crippen molar-refractivity contribution < 1.29 is 9.47 Å². The van der Waals surface area contributed by atoms with Crippen LogP contribution < -0.4 is 14.8 Å². The highest BCUT2D eigenvalue weighted by Crippen LogP contribution is 2.35. The summed E-state index contributed by atoms with van der Waals surface area (Å²) in [5.41, 5.74) is 3.43. The number of hydrogen-bond donors (Lipinski definition) is 1. The van der Waals surface area contributed by atoms with Crippen LogP contribution in [-0.2, 0) is 6.54 Å². The number of aromatic nitrogens is 5. The summed E-state index contributed by atoms with van der Waals surface area (Å²) >= 11 is 1.57. The first-order chi connectivity index (χ1) is 16.8. The van der Waals surface area contributed by atoms with Gasteiger partial charge in [0.05, 0.1) is 24.0 Å². The molecule has 5 aromatic rings. The molecular formula is C25H22N6O2S. The maximum absolute atomic E-state index is 6.06. The molecule has 0 radical (unpaired) electrons. The van der Waals surface area contributed by atoms with E-state index in [0.717, 1.165) is 45.1 Å². The van der Waals surface area contributed by atoms with Crippen molar-refractivity contribution >= 4 is 33.3 Å². The highest BCUT2D eigenvalue weighted by Gasteiger charge is 2.23. The highest BCUT2D eigenvalue weighted by molar-refractivity contribution is 7.18. The third-order valence-corrected chi connectivity index (χ3v) is 6.69. The summed E-state index contributed by atoms with van der Waals surface area (Å²) in [4.78, 5) is 18.8. The molecule has 6 rings (SSSR count). The Kier molecular flexibility index (Phi) is 5.31. The maximum atomic E-state index is 6.06. The second-order valence-corrected chi connectivity index (χ2v) is 9.20. The average Bonchev–Trinajstić information content (AvgIpc) is 3.41. The first-order valence-corrected chi connectivity index (χ1v) is 11.9. The first kappa shape index (κ1) is 20.6. The molecule has 0 spiro atoms. The van der Waals surface area contributed by atoms with E-state index in [-0.39, 0.29) is 0 Å². The molecule has 0 bridgehead atoms. The standard InChI is InChI=1S/C25H22N6O2S/c1-32-20-5-3-2-4-19(20)30-25-26-12-21(34-25)17-8-10-18(11-9-17)33-24-22-23(27-14-28-24)31(15-29-22)13-16-6-7-16/h2-5,8-12,14-16H,6-7,13H2,1H3,(H,26,30). The number of methoxy groups -OCH3 is 1. The Hall–Kier alpha value is -3.98. The summed E-state index contributed by atoms with van der Waals surface area (Å²) in [6.45, 7) is 0.949. The number of rotatable bonds is 8. The van der Waals surface area contributed by atoms with Crippen molar-refractivity contribution in [2.24, 2.45) is 5.92 Å². The number of nitrogens with zero attached hydrogens (tertiary/aromatic N) is 5. The summed E-state index contributed by atoms with van der Waals surface area (Å²) < 4.78 is 13.6. The van der Waals surface area contributed by atoms with E-state index in [1.165, 1.54) is 19.2 Å². The zero-order chi connectivity index (χ0) is 22.9. The van der Waals surface area contributed by atoms with E-state index in [2.05, 4.69) is 29.8 Å². The summed E-state index contributed by atoms with van der Waals surface area (Å²) in [6.07, 6.45) is 7.77. The number of benzene rings is 2. The quantitative estimate of drug-likeness (QED) is 0.302. The molecule has 8 nitrogen and oxygen atoms in total. The fourth-order valence-corrected chi connectivity index (χ4v) is 4.61. The molecule has 0 saturated heterocycles. The Morgan fingerprint density at radius 2 is 1.88 bits per heavy atom. The normalized spacial score (nSPS) is 13.2. The van der Waals surface area contributed by atoms with Gasteiger partial charge in [0.1, 0.15) is 17.8 Å². The predicted octanol–water partition coefficient (Wildman–Crippen LogP) is 5.90. The molecule has 3 aromatic heterocycles. The van der Waals surface area contributed by atoms with Gasteiger partial charge in [-0.15, -0.1) is 0 Å². The van der Waals surface area contributed by atoms with E-state index in [4.69, 9.17) is 9.47 Å². The van der Waals surface area contributed by atoms with Crippen molar-refractivity contribution in [1.82, 2.24) is 24.5 Å². The number of fused-ring (bicyclic) bond motifs is 1. The van der Waals surface area contributed by atoms with Crippen molar-refractivity contribution in [3.63, 3.8) is 0 Å². The lowest BCUT2D eigenvalue weighted by Gasteiger charge is -2.08. The molecule has 0 amide bonds. The van der Waals surface area contributed by atoms with Gasteiger partial charge >= 0.3 is 0 Å². The van der Waals surface area contributed by atoms with Gasteiger partial charge in [0.2, 0.25) is 0 Å². The first-order valence-electron chi connectivity index (χ1n) is 11.1. The average molecular weight is 471 g/mol. The van der Waals surface area contributed by atoms with Gasteiger partial charge in [-0.25, -0.2) is 15.0 Å². The highest BCUT2D eigenvalue weighted by atomic mass is 32.1. The number of nitrogens with one attached hydrogen (secondary N) is 1. The Labute approximate surface area is 200 Å². The minimum Gasteiger partial charge on any atom is -0.495 e. The molecule has 0 aliphatic heterocycles. The maximum Gasteiger partial charge on any atom is 0.250 e. The van der Waals surface area contributed by atoms with Gasteiger partial charge in [-0.3, -0.25) is 0 Å². The molecule has 170 valence electrons. The topological polar surface area (TPSA) is 87.0 Å². The molecule has 1 aliphatic rings. The molecule has 1 fully saturated rings. The van der Waals surface area contributed by atoms with Crippen LogP contribution in [0.5, 0.6) is 17.4 Å². The smallest absolute Gasteiger partial charge is 0.250 e. The van der Waals surface area contributed by atoms with Crippen LogP contribution in [0.15, 0.2) is 67.4 Å². The van der Waals surface area contributed by atoms with Crippen LogP contribution in [-0.4, -0.2) is 31.6 Å². The Balaban J connectivity index is 1.18. The molecule has 34 heavy (non-hydrogen) atoms. The Morgan fingerprint density at radius 3 is 2.71 bits per heavy atom. The van der Waals surface area contributed by atoms with E-state index in [1.54, 1.807) is 18.4 Å². The van der Waals surface area contributed by atoms with Crippen LogP contribution in [0.2, 0.25) is 0 Å². The molecule has 1 aliphatic carbocycles. The fraction of sp³-hybridized carbons (Fsp3) is 0.200. The molecular weight excluding hydrogens is 448 g/mol. The summed E-state index contributed by atoms with van der Waals surface area (Å²) in [5.74, 6) is 2.67. The molecule has 2 aromatic carbocycles. The minimum absolute atomic E-state index is 0.466. The molecule has 0 unspecified atom stereocenters. The summed E-state index contributed by atoms with van der Waals surface area (Å²) in [6, 6.07) is 15.7. The SMILES string of the molecule is COc1ccccc1Nc1ncc(-c2ccc(Oc3ncnc4c3ncn4CC3CC3)cc2)s1. The van der Waals surface area contributed by atoms with E-state index in [1.807, 2.05) is 61.1 Å². The third kappa shape index (κ3) is 4.17. The number of hydrogen-bond acceptors (Lipinski definition) is 8. The molecule has 9 heteroatoms. The van der Waals surface area contributed by atoms with Gasteiger partial charge in [0.15, 0.2) is 16.3 Å². The lowest BCUT2D eigenvalue weighted by molar-refractivity contribution is 0.417. The largest absolute Gasteiger partial charge is 0.495 e. The number of anilines is 2. The number of imidazole rings is 1. The number of para-hydroxylation sites is 2. The van der Waals surface area contributed by atoms with E-state index in [0.29, 0.717) is 17.1 Å². The van der Waals surface area contributed by atoms with Gasteiger partial charge in [0, 0.05) is 12.7 Å². The second kappa shape index (κ2) is 8.75. The second-order valence-electron chi connectivity index (χ2n) is 8.17. The van der Waals surface area contributed by atoms with Crippen LogP contribution >= 0.6 is 11.3 Å². The minimum atomic E-state index is 0.466. The Bertz CT molecular complexity index is 1440. The van der Waals surface area contributed by atoms with Crippen LogP contribution in [0.1, 0.15) is 12.8 Å². The number of ether oxygens (including phenoxy) is 2. The van der Waals surface area contributed by atoms with Crippen molar-refractivity contribution in [2.75, 3.05) is 12.4 Å². The molecule has 0 atom stereocenters. The van der Waals surface area contributed by atoms with Crippen molar-refractivity contribution in [1.29, 1.82) is 0 Å². The molecule has 1 saturated carbocycles. The van der Waals surface area contributed by atoms with Crippen LogP contribution in [0, 0.1) is 5.92 Å². The van der Waals surface area contributed by atoms with Gasteiger partial charge in [-0.05, 0) is 60.7 Å². The number of thiazole rings is 1. The van der Waals surface area contributed by atoms with E-state index >= 15 is 0 Å². The van der Waals surface area contributed by atoms with Crippen molar-refractivity contribution in [3.05, 3.63) is 67.4 Å². The molecule has 1 N–H and O–H groups in total. The summed E-state index contributed by atoms with van der Waals surface area (Å²) in [7, 11) is 1.66. The zero-order valence-corrected chi connectivity index (χ0v) is 19.3. The van der Waals surface area contributed by atoms with E-state index in [9.17, 15) is 0 Å². The summed E-state index contributed by atoms with van der Waals surface area (Å²) in [5, 5.41) is 4.12. The Morgan fingerprint density at radius 1 is 1.03 bits per heavy atom. The third-order valence-electron chi connectivity index (χ3n) is 5.73. The van der Waals surface area contributed by atoms with Crippen LogP contribution in [0.25, 0.3) is 21.6 Å². The lowest BCUT2D eigenvalue weighted by atomic mass is 10.2.